The van der Waals surface area contributed by atoms with Gasteiger partial charge in [0.25, 0.3) is 0 Å². The molecule has 3 heteroatoms. The maximum atomic E-state index is 10.6. The van der Waals surface area contributed by atoms with E-state index < -0.39 is 5.97 Å². The zero-order valence-corrected chi connectivity index (χ0v) is 6.97. The van der Waals surface area contributed by atoms with Crippen LogP contribution in [0.5, 0.6) is 5.75 Å². The molecule has 0 radical (unpaired) electrons. The number of carboxylic acid groups (broad SMARTS) is 1. The molecule has 1 aromatic rings. The van der Waals surface area contributed by atoms with Crippen LogP contribution in [0.15, 0.2) is 24.3 Å². The van der Waals surface area contributed by atoms with E-state index in [1.165, 1.54) is 0 Å². The summed E-state index contributed by atoms with van der Waals surface area (Å²) in [5, 5.41) is 18.1. The molecule has 1 aromatic carbocycles. The number of carboxylic acids is 1. The maximum Gasteiger partial charge on any atom is 0.307 e. The number of phenols is 1. The van der Waals surface area contributed by atoms with E-state index in [-0.39, 0.29) is 17.6 Å². The highest BCUT2D eigenvalue weighted by molar-refractivity contribution is 5.75. The third-order valence-corrected chi connectivity index (χ3v) is 2.44. The number of hydrogen-bond acceptors (Lipinski definition) is 2. The molecule has 0 heterocycles. The summed E-state index contributed by atoms with van der Waals surface area (Å²) >= 11 is 0. The molecule has 0 amide bonds. The molecule has 1 saturated carbocycles. The number of phenolic OH excluding ortho intramolecular Hbond substituents is 1. The molecule has 1 aliphatic rings. The van der Waals surface area contributed by atoms with E-state index in [2.05, 4.69) is 0 Å². The van der Waals surface area contributed by atoms with Crippen LogP contribution in [0.1, 0.15) is 17.9 Å². The van der Waals surface area contributed by atoms with Gasteiger partial charge in [0.15, 0.2) is 0 Å². The molecule has 0 aliphatic heterocycles. The highest BCUT2D eigenvalue weighted by atomic mass is 16.4. The molecule has 1 fully saturated rings. The monoisotopic (exact) mass is 178 g/mol. The topological polar surface area (TPSA) is 57.5 Å². The molecule has 2 N–H and O–H groups in total. The van der Waals surface area contributed by atoms with Crippen molar-refractivity contribution in [1.82, 2.24) is 0 Å². The van der Waals surface area contributed by atoms with Gasteiger partial charge in [-0.15, -0.1) is 0 Å². The number of para-hydroxylation sites is 1. The molecule has 13 heavy (non-hydrogen) atoms. The number of benzene rings is 1. The van der Waals surface area contributed by atoms with Crippen molar-refractivity contribution in [2.75, 3.05) is 0 Å². The van der Waals surface area contributed by atoms with Gasteiger partial charge in [-0.2, -0.15) is 0 Å². The van der Waals surface area contributed by atoms with Gasteiger partial charge in [0, 0.05) is 5.92 Å². The molecule has 0 spiro atoms. The van der Waals surface area contributed by atoms with Gasteiger partial charge in [0.1, 0.15) is 5.75 Å². The van der Waals surface area contributed by atoms with Crippen molar-refractivity contribution in [3.63, 3.8) is 0 Å². The van der Waals surface area contributed by atoms with Crippen molar-refractivity contribution in [3.05, 3.63) is 29.8 Å². The van der Waals surface area contributed by atoms with E-state index in [4.69, 9.17) is 5.11 Å². The van der Waals surface area contributed by atoms with Crippen molar-refractivity contribution in [1.29, 1.82) is 0 Å². The number of rotatable bonds is 2. The second-order valence-corrected chi connectivity index (χ2v) is 3.35. The largest absolute Gasteiger partial charge is 0.508 e. The van der Waals surface area contributed by atoms with Crippen LogP contribution < -0.4 is 0 Å². The lowest BCUT2D eigenvalue weighted by molar-refractivity contribution is -0.138. The van der Waals surface area contributed by atoms with Crippen molar-refractivity contribution in [3.8, 4) is 5.75 Å². The summed E-state index contributed by atoms with van der Waals surface area (Å²) in [4.78, 5) is 10.6. The molecule has 2 rings (SSSR count). The molecule has 68 valence electrons. The van der Waals surface area contributed by atoms with Gasteiger partial charge in [0.2, 0.25) is 0 Å². The van der Waals surface area contributed by atoms with E-state index in [1.54, 1.807) is 18.2 Å². The summed E-state index contributed by atoms with van der Waals surface area (Å²) in [5.41, 5.74) is 0.759. The van der Waals surface area contributed by atoms with E-state index in [0.717, 1.165) is 5.56 Å². The van der Waals surface area contributed by atoms with Gasteiger partial charge in [-0.05, 0) is 18.1 Å². The Labute approximate surface area is 75.6 Å². The van der Waals surface area contributed by atoms with Gasteiger partial charge in [-0.1, -0.05) is 18.2 Å². The number of aromatic hydroxyl groups is 1. The summed E-state index contributed by atoms with van der Waals surface area (Å²) in [7, 11) is 0. The van der Waals surface area contributed by atoms with Gasteiger partial charge >= 0.3 is 5.97 Å². The molecule has 2 atom stereocenters. The van der Waals surface area contributed by atoms with Crippen LogP contribution in [-0.2, 0) is 4.79 Å². The average molecular weight is 178 g/mol. The fourth-order valence-corrected chi connectivity index (χ4v) is 1.61. The number of carbonyl (C=O) groups is 1. The Kier molecular flexibility index (Phi) is 1.72. The summed E-state index contributed by atoms with van der Waals surface area (Å²) in [5.74, 6) is -0.850. The molecule has 3 nitrogen and oxygen atoms in total. The molecule has 0 aromatic heterocycles. The Bertz CT molecular complexity index is 346. The van der Waals surface area contributed by atoms with E-state index in [1.807, 2.05) is 6.07 Å². The second kappa shape index (κ2) is 2.76. The Morgan fingerprint density at radius 3 is 2.62 bits per heavy atom. The number of hydrogen-bond donors (Lipinski definition) is 2. The fraction of sp³-hybridized carbons (Fsp3) is 0.300. The Hall–Kier alpha value is -1.51. The predicted molar refractivity (Wildman–Crippen MR) is 46.6 cm³/mol. The third-order valence-electron chi connectivity index (χ3n) is 2.44. The maximum absolute atomic E-state index is 10.6. The van der Waals surface area contributed by atoms with Crippen LogP contribution in [0.25, 0.3) is 0 Å². The molecular weight excluding hydrogens is 168 g/mol. The molecule has 0 bridgehead atoms. The quantitative estimate of drug-likeness (QED) is 0.722. The van der Waals surface area contributed by atoms with Crippen LogP contribution in [0.3, 0.4) is 0 Å². The van der Waals surface area contributed by atoms with E-state index >= 15 is 0 Å². The van der Waals surface area contributed by atoms with E-state index in [0.29, 0.717) is 6.42 Å². The van der Waals surface area contributed by atoms with Crippen molar-refractivity contribution >= 4 is 5.97 Å². The Morgan fingerprint density at radius 1 is 1.38 bits per heavy atom. The predicted octanol–water partition coefficient (Wildman–Crippen LogP) is 1.58. The first-order chi connectivity index (χ1) is 6.20. The first-order valence-electron chi connectivity index (χ1n) is 4.21. The van der Waals surface area contributed by atoms with Gasteiger partial charge in [0.05, 0.1) is 5.92 Å². The van der Waals surface area contributed by atoms with Crippen LogP contribution in [0.2, 0.25) is 0 Å². The minimum Gasteiger partial charge on any atom is -0.508 e. The summed E-state index contributed by atoms with van der Waals surface area (Å²) < 4.78 is 0. The van der Waals surface area contributed by atoms with E-state index in [9.17, 15) is 9.90 Å². The standard InChI is InChI=1S/C10H10O3/c11-9-4-2-1-3-6(9)7-5-8(7)10(12)13/h1-4,7-8,11H,5H2,(H,12,13)/t7-,8+/m1/s1. The normalized spacial score (nSPS) is 25.5. The first-order valence-corrected chi connectivity index (χ1v) is 4.21. The Morgan fingerprint density at radius 2 is 2.08 bits per heavy atom. The zero-order valence-electron chi connectivity index (χ0n) is 6.97. The van der Waals surface area contributed by atoms with Gasteiger partial charge in [-0.25, -0.2) is 0 Å². The fourth-order valence-electron chi connectivity index (χ4n) is 1.61. The van der Waals surface area contributed by atoms with Crippen molar-refractivity contribution < 1.29 is 15.0 Å². The second-order valence-electron chi connectivity index (χ2n) is 3.35. The van der Waals surface area contributed by atoms with Gasteiger partial charge < -0.3 is 10.2 Å². The van der Waals surface area contributed by atoms with Crippen molar-refractivity contribution in [2.45, 2.75) is 12.3 Å². The van der Waals surface area contributed by atoms with Crippen LogP contribution in [0.4, 0.5) is 0 Å². The molecule has 1 aliphatic carbocycles. The first kappa shape index (κ1) is 8.10. The number of aliphatic carboxylic acids is 1. The average Bonchev–Trinajstić information content (AvgIpc) is 2.84. The summed E-state index contributed by atoms with van der Waals surface area (Å²) in [6, 6.07) is 6.92. The lowest BCUT2D eigenvalue weighted by atomic mass is 10.1. The Balaban J connectivity index is 2.21. The molecule has 0 saturated heterocycles. The lowest BCUT2D eigenvalue weighted by Crippen LogP contribution is -1.98. The van der Waals surface area contributed by atoms with Gasteiger partial charge in [-0.3, -0.25) is 4.79 Å². The molecule has 0 unspecified atom stereocenters. The highest BCUT2D eigenvalue weighted by Gasteiger charge is 2.45. The minimum atomic E-state index is -0.770. The third kappa shape index (κ3) is 1.37. The zero-order chi connectivity index (χ0) is 9.42. The highest BCUT2D eigenvalue weighted by Crippen LogP contribution is 2.49. The minimum absolute atomic E-state index is 0.0127. The molecular formula is C10H10O3. The van der Waals surface area contributed by atoms with Crippen molar-refractivity contribution in [2.24, 2.45) is 5.92 Å². The van der Waals surface area contributed by atoms with Crippen LogP contribution >= 0.6 is 0 Å². The smallest absolute Gasteiger partial charge is 0.307 e. The SMILES string of the molecule is O=C(O)[C@H]1C[C@@H]1c1ccccc1O. The summed E-state index contributed by atoms with van der Waals surface area (Å²) in [6.45, 7) is 0. The lowest BCUT2D eigenvalue weighted by Gasteiger charge is -2.00. The summed E-state index contributed by atoms with van der Waals surface area (Å²) in [6.07, 6.45) is 0.646. The van der Waals surface area contributed by atoms with Crippen LogP contribution in [0, 0.1) is 5.92 Å². The van der Waals surface area contributed by atoms with Crippen LogP contribution in [-0.4, -0.2) is 16.2 Å².